The third-order valence-electron chi connectivity index (χ3n) is 2.55. The van der Waals surface area contributed by atoms with E-state index in [1.54, 1.807) is 26.0 Å². The Kier molecular flexibility index (Phi) is 5.86. The third kappa shape index (κ3) is 5.52. The van der Waals surface area contributed by atoms with Crippen molar-refractivity contribution < 1.29 is 18.0 Å². The van der Waals surface area contributed by atoms with Crippen molar-refractivity contribution in [1.29, 1.82) is 0 Å². The average Bonchev–Trinajstić information content (AvgIpc) is 2.37. The second kappa shape index (κ2) is 7.19. The number of nitrogens with one attached hydrogen (secondary N) is 2. The van der Waals surface area contributed by atoms with Crippen LogP contribution in [0.25, 0.3) is 0 Å². The topological polar surface area (TPSA) is 118 Å². The SMILES string of the molecule is CC(C)NS(=O)(=O)c1ccc(CCNC(=O)C(N)=O)cc1. The number of carbonyl (C=O) groups is 2. The predicted octanol–water partition coefficient (Wildman–Crippen LogP) is -0.483. The van der Waals surface area contributed by atoms with E-state index in [0.29, 0.717) is 6.42 Å². The molecule has 116 valence electrons. The minimum Gasteiger partial charge on any atom is -0.361 e. The first-order chi connectivity index (χ1) is 9.72. The first-order valence-corrected chi connectivity index (χ1v) is 7.89. The number of rotatable bonds is 6. The van der Waals surface area contributed by atoms with Crippen LogP contribution in [-0.4, -0.2) is 32.8 Å². The molecule has 0 aliphatic heterocycles. The van der Waals surface area contributed by atoms with Crippen LogP contribution in [-0.2, 0) is 26.0 Å². The fourth-order valence-electron chi connectivity index (χ4n) is 1.62. The summed E-state index contributed by atoms with van der Waals surface area (Å²) in [7, 11) is -3.50. The predicted molar refractivity (Wildman–Crippen MR) is 77.8 cm³/mol. The fourth-order valence-corrected chi connectivity index (χ4v) is 2.87. The molecule has 0 aliphatic carbocycles. The van der Waals surface area contributed by atoms with Crippen LogP contribution in [0.15, 0.2) is 29.2 Å². The molecule has 1 aromatic rings. The molecular weight excluding hydrogens is 294 g/mol. The average molecular weight is 313 g/mol. The zero-order chi connectivity index (χ0) is 16.0. The lowest BCUT2D eigenvalue weighted by atomic mass is 10.1. The van der Waals surface area contributed by atoms with Crippen LogP contribution in [0.2, 0.25) is 0 Å². The van der Waals surface area contributed by atoms with E-state index in [4.69, 9.17) is 5.73 Å². The number of benzene rings is 1. The van der Waals surface area contributed by atoms with Gasteiger partial charge in [-0.2, -0.15) is 0 Å². The molecule has 21 heavy (non-hydrogen) atoms. The summed E-state index contributed by atoms with van der Waals surface area (Å²) in [6.45, 7) is 3.73. The summed E-state index contributed by atoms with van der Waals surface area (Å²) in [4.78, 5) is 21.7. The minimum absolute atomic E-state index is 0.182. The van der Waals surface area contributed by atoms with Crippen molar-refractivity contribution in [3.05, 3.63) is 29.8 Å². The second-order valence-corrected chi connectivity index (χ2v) is 6.50. The van der Waals surface area contributed by atoms with Crippen LogP contribution in [0.4, 0.5) is 0 Å². The summed E-state index contributed by atoms with van der Waals surface area (Å²) in [6.07, 6.45) is 0.469. The van der Waals surface area contributed by atoms with Gasteiger partial charge in [-0.1, -0.05) is 12.1 Å². The Morgan fingerprint density at radius 1 is 1.19 bits per heavy atom. The third-order valence-corrected chi connectivity index (χ3v) is 4.22. The number of nitrogens with two attached hydrogens (primary N) is 1. The summed E-state index contributed by atoms with van der Waals surface area (Å²) in [5, 5.41) is 2.36. The van der Waals surface area contributed by atoms with Crippen LogP contribution in [0, 0.1) is 0 Å². The quantitative estimate of drug-likeness (QED) is 0.614. The summed E-state index contributed by atoms with van der Waals surface area (Å²) >= 11 is 0. The van der Waals surface area contributed by atoms with Gasteiger partial charge < -0.3 is 11.1 Å². The number of hydrogen-bond donors (Lipinski definition) is 3. The maximum Gasteiger partial charge on any atom is 0.309 e. The standard InChI is InChI=1S/C13H19N3O4S/c1-9(2)16-21(19,20)11-5-3-10(4-6-11)7-8-15-13(18)12(14)17/h3-6,9,16H,7-8H2,1-2H3,(H2,14,17)(H,15,18). The minimum atomic E-state index is -3.50. The van der Waals surface area contributed by atoms with E-state index in [0.717, 1.165) is 5.56 Å². The van der Waals surface area contributed by atoms with E-state index < -0.39 is 21.8 Å². The molecule has 4 N–H and O–H groups in total. The van der Waals surface area contributed by atoms with Crippen molar-refractivity contribution in [3.8, 4) is 0 Å². The van der Waals surface area contributed by atoms with Gasteiger partial charge >= 0.3 is 11.8 Å². The van der Waals surface area contributed by atoms with Gasteiger partial charge in [0.15, 0.2) is 0 Å². The van der Waals surface area contributed by atoms with Crippen molar-refractivity contribution in [2.75, 3.05) is 6.54 Å². The highest BCUT2D eigenvalue weighted by Gasteiger charge is 2.14. The van der Waals surface area contributed by atoms with Gasteiger partial charge in [0.2, 0.25) is 10.0 Å². The van der Waals surface area contributed by atoms with E-state index in [1.807, 2.05) is 0 Å². The number of primary amides is 1. The Balaban J connectivity index is 2.62. The zero-order valence-electron chi connectivity index (χ0n) is 11.9. The maximum absolute atomic E-state index is 11.9. The maximum atomic E-state index is 11.9. The van der Waals surface area contributed by atoms with Crippen molar-refractivity contribution in [3.63, 3.8) is 0 Å². The molecule has 0 spiro atoms. The van der Waals surface area contributed by atoms with Gasteiger partial charge in [0.05, 0.1) is 4.90 Å². The zero-order valence-corrected chi connectivity index (χ0v) is 12.7. The van der Waals surface area contributed by atoms with Crippen LogP contribution in [0.3, 0.4) is 0 Å². The van der Waals surface area contributed by atoms with Crippen molar-refractivity contribution in [2.45, 2.75) is 31.2 Å². The lowest BCUT2D eigenvalue weighted by molar-refractivity contribution is -0.137. The van der Waals surface area contributed by atoms with Crippen LogP contribution < -0.4 is 15.8 Å². The van der Waals surface area contributed by atoms with Crippen molar-refractivity contribution in [1.82, 2.24) is 10.0 Å². The Morgan fingerprint density at radius 2 is 1.76 bits per heavy atom. The lowest BCUT2D eigenvalue weighted by Gasteiger charge is -2.10. The highest BCUT2D eigenvalue weighted by molar-refractivity contribution is 7.89. The molecule has 0 aliphatic rings. The van der Waals surface area contributed by atoms with Gasteiger partial charge in [0.25, 0.3) is 0 Å². The van der Waals surface area contributed by atoms with Crippen LogP contribution in [0.1, 0.15) is 19.4 Å². The van der Waals surface area contributed by atoms with E-state index >= 15 is 0 Å². The molecule has 0 bridgehead atoms. The molecule has 0 aromatic heterocycles. The van der Waals surface area contributed by atoms with Gasteiger partial charge in [-0.15, -0.1) is 0 Å². The Morgan fingerprint density at radius 3 is 2.24 bits per heavy atom. The van der Waals surface area contributed by atoms with Gasteiger partial charge in [-0.05, 0) is 38.0 Å². The van der Waals surface area contributed by atoms with Gasteiger partial charge in [-0.25, -0.2) is 13.1 Å². The largest absolute Gasteiger partial charge is 0.361 e. The Hall–Kier alpha value is -1.93. The van der Waals surface area contributed by atoms with Gasteiger partial charge in [-0.3, -0.25) is 9.59 Å². The molecule has 0 atom stereocenters. The Bertz CT molecular complexity index is 609. The first-order valence-electron chi connectivity index (χ1n) is 6.41. The van der Waals surface area contributed by atoms with E-state index in [9.17, 15) is 18.0 Å². The number of amides is 2. The van der Waals surface area contributed by atoms with Gasteiger partial charge in [0, 0.05) is 12.6 Å². The summed E-state index contributed by atoms with van der Waals surface area (Å²) < 4.78 is 26.3. The molecule has 0 fully saturated rings. The van der Waals surface area contributed by atoms with E-state index in [2.05, 4.69) is 10.0 Å². The molecule has 0 unspecified atom stereocenters. The van der Waals surface area contributed by atoms with Crippen molar-refractivity contribution in [2.24, 2.45) is 5.73 Å². The summed E-state index contributed by atoms with van der Waals surface area (Å²) in [6, 6.07) is 6.13. The molecule has 7 nitrogen and oxygen atoms in total. The number of carbonyl (C=O) groups excluding carboxylic acids is 2. The molecule has 0 radical (unpaired) electrons. The molecule has 2 amide bonds. The molecule has 1 rings (SSSR count). The highest BCUT2D eigenvalue weighted by Crippen LogP contribution is 2.11. The number of hydrogen-bond acceptors (Lipinski definition) is 4. The molecule has 0 saturated carbocycles. The molecule has 8 heteroatoms. The highest BCUT2D eigenvalue weighted by atomic mass is 32.2. The van der Waals surface area contributed by atoms with E-state index in [-0.39, 0.29) is 17.5 Å². The molecule has 1 aromatic carbocycles. The van der Waals surface area contributed by atoms with E-state index in [1.165, 1.54) is 12.1 Å². The van der Waals surface area contributed by atoms with Crippen LogP contribution in [0.5, 0.6) is 0 Å². The lowest BCUT2D eigenvalue weighted by Crippen LogP contribution is -2.37. The molecule has 0 saturated heterocycles. The molecule has 0 heterocycles. The van der Waals surface area contributed by atoms with Crippen LogP contribution >= 0.6 is 0 Å². The smallest absolute Gasteiger partial charge is 0.309 e. The van der Waals surface area contributed by atoms with Crippen molar-refractivity contribution >= 4 is 21.8 Å². The Labute approximate surface area is 124 Å². The monoisotopic (exact) mass is 313 g/mol. The second-order valence-electron chi connectivity index (χ2n) is 4.79. The normalized spacial score (nSPS) is 11.4. The molecular formula is C13H19N3O4S. The summed E-state index contributed by atoms with van der Waals surface area (Å²) in [5.74, 6) is -1.87. The van der Waals surface area contributed by atoms with Gasteiger partial charge in [0.1, 0.15) is 0 Å². The first kappa shape index (κ1) is 17.1. The number of sulfonamides is 1. The fraction of sp³-hybridized carbons (Fsp3) is 0.385. The summed E-state index contributed by atoms with van der Waals surface area (Å²) in [5.41, 5.74) is 5.63.